The van der Waals surface area contributed by atoms with Crippen LogP contribution in [0.1, 0.15) is 20.7 Å². The van der Waals surface area contributed by atoms with Gasteiger partial charge in [-0.05, 0) is 36.4 Å². The third-order valence-electron chi connectivity index (χ3n) is 4.15. The lowest BCUT2D eigenvalue weighted by molar-refractivity contribution is 0.0847. The maximum Gasteiger partial charge on any atom is 0.349 e. The molecular formula is C19H15ClN4O7S. The van der Waals surface area contributed by atoms with E-state index >= 15 is 0 Å². The van der Waals surface area contributed by atoms with E-state index in [0.717, 1.165) is 24.3 Å². The maximum absolute atomic E-state index is 12.5. The molecule has 0 bridgehead atoms. The van der Waals surface area contributed by atoms with Crippen LogP contribution >= 0.6 is 11.6 Å². The zero-order valence-electron chi connectivity index (χ0n) is 16.3. The first-order chi connectivity index (χ1) is 15.0. The average Bonchev–Trinajstić information content (AvgIpc) is 2.72. The molecule has 0 unspecified atom stereocenters. The second kappa shape index (κ2) is 8.69. The fourth-order valence-electron chi connectivity index (χ4n) is 2.67. The molecule has 5 N–H and O–H groups in total. The first-order valence-corrected chi connectivity index (χ1v) is 10.5. The van der Waals surface area contributed by atoms with E-state index in [4.69, 9.17) is 31.9 Å². The Balaban J connectivity index is 1.83. The van der Waals surface area contributed by atoms with Crippen molar-refractivity contribution in [3.8, 4) is 5.75 Å². The smallest absolute Gasteiger partial charge is 0.349 e. The van der Waals surface area contributed by atoms with Crippen molar-refractivity contribution < 1.29 is 27.2 Å². The summed E-state index contributed by atoms with van der Waals surface area (Å²) in [5.41, 5.74) is 3.68. The molecule has 3 rings (SSSR count). The van der Waals surface area contributed by atoms with Gasteiger partial charge in [0, 0.05) is 17.0 Å². The highest BCUT2D eigenvalue weighted by Crippen LogP contribution is 2.29. The Bertz CT molecular complexity index is 1420. The lowest BCUT2D eigenvalue weighted by Crippen LogP contribution is -2.35. The minimum Gasteiger partial charge on any atom is -0.495 e. The van der Waals surface area contributed by atoms with Crippen LogP contribution in [0.2, 0.25) is 5.02 Å². The van der Waals surface area contributed by atoms with Gasteiger partial charge in [-0.3, -0.25) is 20.3 Å². The fraction of sp³-hybridized carbons (Fsp3) is 0.0526. The summed E-state index contributed by atoms with van der Waals surface area (Å²) in [6, 6.07) is 8.51. The number of halogens is 1. The topological polar surface area (TPSA) is 182 Å². The molecule has 1 heterocycles. The number of guanidine groups is 1. The van der Waals surface area contributed by atoms with Gasteiger partial charge >= 0.3 is 5.63 Å². The molecule has 0 fully saturated rings. The van der Waals surface area contributed by atoms with E-state index in [9.17, 15) is 22.8 Å². The Morgan fingerprint density at radius 3 is 2.38 bits per heavy atom. The van der Waals surface area contributed by atoms with Crippen molar-refractivity contribution in [1.82, 2.24) is 10.0 Å². The number of benzene rings is 2. The Kier molecular flexibility index (Phi) is 6.18. The molecule has 32 heavy (non-hydrogen) atoms. The maximum atomic E-state index is 12.5. The minimum atomic E-state index is -4.07. The summed E-state index contributed by atoms with van der Waals surface area (Å²) in [4.78, 5) is 36.8. The highest BCUT2D eigenvalue weighted by Gasteiger charge is 2.20. The summed E-state index contributed by atoms with van der Waals surface area (Å²) < 4.78 is 35.8. The normalized spacial score (nSPS) is 11.1. The van der Waals surface area contributed by atoms with Crippen LogP contribution in [0, 0.1) is 5.41 Å². The van der Waals surface area contributed by atoms with Gasteiger partial charge in [0.1, 0.15) is 16.9 Å². The van der Waals surface area contributed by atoms with E-state index in [1.807, 2.05) is 5.32 Å². The van der Waals surface area contributed by atoms with Crippen LogP contribution in [-0.2, 0) is 10.0 Å². The van der Waals surface area contributed by atoms with Crippen molar-refractivity contribution in [2.75, 3.05) is 7.11 Å². The minimum absolute atomic E-state index is 0.0573. The lowest BCUT2D eigenvalue weighted by Gasteiger charge is -2.08. The number of hydrogen-bond donors (Lipinski definition) is 4. The monoisotopic (exact) mass is 478 g/mol. The lowest BCUT2D eigenvalue weighted by atomic mass is 10.1. The van der Waals surface area contributed by atoms with Gasteiger partial charge in [0.25, 0.3) is 21.8 Å². The molecule has 3 aromatic rings. The van der Waals surface area contributed by atoms with Crippen molar-refractivity contribution in [2.24, 2.45) is 5.73 Å². The first-order valence-electron chi connectivity index (χ1n) is 8.66. The Hall–Kier alpha value is -3.90. The van der Waals surface area contributed by atoms with Gasteiger partial charge in [0.15, 0.2) is 5.96 Å². The number of nitrogens with two attached hydrogens (primary N) is 1. The molecule has 2 amide bonds. The number of amides is 2. The molecule has 0 saturated heterocycles. The first kappa shape index (κ1) is 22.8. The van der Waals surface area contributed by atoms with Crippen molar-refractivity contribution in [1.29, 1.82) is 5.41 Å². The molecule has 0 aliphatic heterocycles. The number of ether oxygens (including phenoxy) is 1. The van der Waals surface area contributed by atoms with E-state index in [1.54, 1.807) is 4.72 Å². The van der Waals surface area contributed by atoms with Gasteiger partial charge in [0.2, 0.25) is 0 Å². The summed E-state index contributed by atoms with van der Waals surface area (Å²) in [6.45, 7) is 0. The van der Waals surface area contributed by atoms with Crippen LogP contribution in [0.25, 0.3) is 11.0 Å². The number of sulfonamides is 1. The summed E-state index contributed by atoms with van der Waals surface area (Å²) in [5.74, 6) is -2.40. The van der Waals surface area contributed by atoms with E-state index in [-0.39, 0.29) is 26.8 Å². The molecule has 0 aliphatic rings. The van der Waals surface area contributed by atoms with E-state index in [1.165, 1.54) is 25.3 Å². The average molecular weight is 479 g/mol. The highest BCUT2D eigenvalue weighted by atomic mass is 35.5. The van der Waals surface area contributed by atoms with E-state index < -0.39 is 39.0 Å². The Morgan fingerprint density at radius 2 is 1.78 bits per heavy atom. The Morgan fingerprint density at radius 1 is 1.12 bits per heavy atom. The van der Waals surface area contributed by atoms with Crippen molar-refractivity contribution in [2.45, 2.75) is 4.90 Å². The number of methoxy groups -OCH3 is 1. The third kappa shape index (κ3) is 4.71. The predicted molar refractivity (Wildman–Crippen MR) is 115 cm³/mol. The van der Waals surface area contributed by atoms with Gasteiger partial charge in [-0.2, -0.15) is 0 Å². The van der Waals surface area contributed by atoms with Crippen molar-refractivity contribution >= 4 is 50.4 Å². The number of carbonyl (C=O) groups is 2. The largest absolute Gasteiger partial charge is 0.495 e. The van der Waals surface area contributed by atoms with Crippen LogP contribution in [0.3, 0.4) is 0 Å². The van der Waals surface area contributed by atoms with Crippen LogP contribution in [0.4, 0.5) is 0 Å². The van der Waals surface area contributed by atoms with E-state index in [0.29, 0.717) is 5.39 Å². The Labute approximate surface area is 185 Å². The second-order valence-electron chi connectivity index (χ2n) is 6.30. The zero-order valence-corrected chi connectivity index (χ0v) is 17.8. The standard InChI is InChI=1S/C19H15ClN4O7S/c1-30-15-8-14-10(7-13(15)20)6-12(18(27)31-14)17(26)23-16(25)9-2-4-11(5-3-9)32(28,29)24-19(21)22/h2-8H,1H3,(H4,21,22,24)(H,23,25,26). The third-order valence-corrected chi connectivity index (χ3v) is 5.83. The van der Waals surface area contributed by atoms with Crippen molar-refractivity contribution in [3.63, 3.8) is 0 Å². The molecule has 0 spiro atoms. The van der Waals surface area contributed by atoms with Gasteiger partial charge in [-0.15, -0.1) is 0 Å². The van der Waals surface area contributed by atoms with Crippen LogP contribution in [-0.4, -0.2) is 33.3 Å². The number of rotatable bonds is 5. The van der Waals surface area contributed by atoms with Crippen LogP contribution in [0.5, 0.6) is 5.75 Å². The van der Waals surface area contributed by atoms with Gasteiger partial charge in [0.05, 0.1) is 17.0 Å². The second-order valence-corrected chi connectivity index (χ2v) is 8.39. The fourth-order valence-corrected chi connectivity index (χ4v) is 3.82. The molecule has 0 radical (unpaired) electrons. The zero-order chi connectivity index (χ0) is 23.6. The van der Waals surface area contributed by atoms with Crippen LogP contribution in [0.15, 0.2) is 56.6 Å². The number of carbonyl (C=O) groups excluding carboxylic acids is 2. The quantitative estimate of drug-likeness (QED) is 0.182. The summed E-state index contributed by atoms with van der Waals surface area (Å²) in [7, 11) is -2.69. The number of hydrogen-bond acceptors (Lipinski definition) is 8. The number of fused-ring (bicyclic) bond motifs is 1. The van der Waals surface area contributed by atoms with Gasteiger partial charge in [-0.25, -0.2) is 17.9 Å². The van der Waals surface area contributed by atoms with Crippen molar-refractivity contribution in [3.05, 3.63) is 69.0 Å². The molecule has 11 nitrogen and oxygen atoms in total. The van der Waals surface area contributed by atoms with Gasteiger partial charge in [-0.1, -0.05) is 11.6 Å². The molecule has 1 aromatic heterocycles. The molecule has 0 atom stereocenters. The molecule has 0 saturated carbocycles. The van der Waals surface area contributed by atoms with Gasteiger partial charge < -0.3 is 14.9 Å². The summed E-state index contributed by atoms with van der Waals surface area (Å²) in [6.07, 6.45) is 0. The number of imide groups is 1. The predicted octanol–water partition coefficient (Wildman–Crippen LogP) is 1.20. The molecule has 13 heteroatoms. The van der Waals surface area contributed by atoms with E-state index in [2.05, 4.69) is 0 Å². The molecular weight excluding hydrogens is 464 g/mol. The molecule has 0 aliphatic carbocycles. The summed E-state index contributed by atoms with van der Waals surface area (Å²) in [5, 5.41) is 9.60. The summed E-state index contributed by atoms with van der Waals surface area (Å²) >= 11 is 6.05. The number of nitrogens with one attached hydrogen (secondary N) is 3. The molecule has 2 aromatic carbocycles. The highest BCUT2D eigenvalue weighted by molar-refractivity contribution is 7.90. The van der Waals surface area contributed by atoms with Crippen LogP contribution < -0.4 is 26.1 Å². The SMILES string of the molecule is COc1cc2oc(=O)c(C(=O)NC(=O)c3ccc(S(=O)(=O)NC(=N)N)cc3)cc2cc1Cl. The molecule has 166 valence electrons.